The molecule has 0 aliphatic rings. The Bertz CT molecular complexity index is 1540. The molecule has 7 nitrogen and oxygen atoms in total. The molecule has 0 unspecified atom stereocenters. The molecule has 1 aromatic heterocycles. The van der Waals surface area contributed by atoms with Gasteiger partial charge in [-0.15, -0.1) is 10.2 Å². The highest BCUT2D eigenvalue weighted by molar-refractivity contribution is 6.01. The highest BCUT2D eigenvalue weighted by atomic mass is 16.3. The number of carbonyl (C=O) groups is 2. The average Bonchev–Trinajstić information content (AvgIpc) is 3.12. The van der Waals surface area contributed by atoms with Crippen molar-refractivity contribution >= 4 is 33.4 Å². The van der Waals surface area contributed by atoms with Gasteiger partial charge in [0.15, 0.2) is 0 Å². The number of rotatable bonds is 3. The smallest absolute Gasteiger partial charge is 0.295 e. The number of fused-ring (bicyclic) bond motifs is 2. The number of nitrogens with zero attached hydrogens (tertiary/aromatic N) is 3. The molecule has 5 rings (SSSR count). The van der Waals surface area contributed by atoms with E-state index in [1.807, 2.05) is 30.3 Å². The van der Waals surface area contributed by atoms with Gasteiger partial charge in [0.1, 0.15) is 0 Å². The van der Waals surface area contributed by atoms with Gasteiger partial charge in [-0.05, 0) is 53.2 Å². The molecule has 33 heavy (non-hydrogen) atoms. The average molecular weight is 435 g/mol. The van der Waals surface area contributed by atoms with E-state index in [4.69, 9.17) is 0 Å². The lowest BCUT2D eigenvalue weighted by atomic mass is 10.1. The summed E-state index contributed by atoms with van der Waals surface area (Å²) in [4.78, 5) is 25.0. The van der Waals surface area contributed by atoms with E-state index in [9.17, 15) is 19.8 Å². The van der Waals surface area contributed by atoms with Crippen LogP contribution in [0.3, 0.4) is 0 Å². The van der Waals surface area contributed by atoms with Crippen LogP contribution in [0.4, 0.5) is 0 Å². The second-order valence-electron chi connectivity index (χ2n) is 7.45. The number of aromatic hydroxyl groups is 2. The first kappa shape index (κ1) is 20.1. The van der Waals surface area contributed by atoms with Crippen LogP contribution in [0.25, 0.3) is 27.2 Å². The quantitative estimate of drug-likeness (QED) is 0.359. The summed E-state index contributed by atoms with van der Waals surface area (Å²) in [6, 6.07) is 25.8. The summed E-state index contributed by atoms with van der Waals surface area (Å²) in [6.07, 6.45) is 0. The molecule has 5 aromatic rings. The number of carbonyl (C=O) groups excluding carboxylic acids is 2. The van der Waals surface area contributed by atoms with Gasteiger partial charge in [-0.3, -0.25) is 14.2 Å². The molecule has 0 saturated carbocycles. The lowest BCUT2D eigenvalue weighted by Gasteiger charge is -2.07. The SMILES string of the molecule is O=C(N=NC(=O)c1ccc2ccccc2c1)c1cccc(-n2c(O)c3ccccc3c2O)c1. The molecular weight excluding hydrogens is 418 g/mol. The van der Waals surface area contributed by atoms with Gasteiger partial charge in [-0.1, -0.05) is 48.5 Å². The first-order valence-electron chi connectivity index (χ1n) is 10.1. The third-order valence-electron chi connectivity index (χ3n) is 5.41. The Labute approximate surface area is 187 Å². The predicted molar refractivity (Wildman–Crippen MR) is 124 cm³/mol. The van der Waals surface area contributed by atoms with Crippen LogP contribution in [0.5, 0.6) is 11.8 Å². The maximum atomic E-state index is 12.6. The molecule has 0 radical (unpaired) electrons. The summed E-state index contributed by atoms with van der Waals surface area (Å²) >= 11 is 0. The van der Waals surface area contributed by atoms with E-state index in [0.29, 0.717) is 22.0 Å². The van der Waals surface area contributed by atoms with Crippen LogP contribution < -0.4 is 0 Å². The van der Waals surface area contributed by atoms with Crippen LogP contribution in [0.15, 0.2) is 101 Å². The molecule has 2 amide bonds. The second kappa shape index (κ2) is 8.05. The van der Waals surface area contributed by atoms with Crippen molar-refractivity contribution in [3.63, 3.8) is 0 Å². The van der Waals surface area contributed by atoms with Gasteiger partial charge in [-0.2, -0.15) is 0 Å². The number of hydrogen-bond acceptors (Lipinski definition) is 4. The van der Waals surface area contributed by atoms with Crippen LogP contribution in [0.2, 0.25) is 0 Å². The number of hydrogen-bond donors (Lipinski definition) is 2. The molecule has 2 N–H and O–H groups in total. The molecule has 4 aromatic carbocycles. The zero-order valence-electron chi connectivity index (χ0n) is 17.2. The number of benzene rings is 4. The summed E-state index contributed by atoms with van der Waals surface area (Å²) in [6.45, 7) is 0. The zero-order valence-corrected chi connectivity index (χ0v) is 17.2. The zero-order chi connectivity index (χ0) is 22.9. The van der Waals surface area contributed by atoms with Crippen molar-refractivity contribution in [2.75, 3.05) is 0 Å². The molecule has 0 bridgehead atoms. The maximum absolute atomic E-state index is 12.6. The Kier molecular flexibility index (Phi) is 4.91. The molecule has 0 spiro atoms. The van der Waals surface area contributed by atoms with Crippen molar-refractivity contribution in [2.24, 2.45) is 10.2 Å². The standard InChI is InChI=1S/C26H17N3O4/c30-23(27-28-24(31)19-13-12-16-6-1-2-7-17(16)14-19)18-8-5-9-20(15-18)29-25(32)21-10-3-4-11-22(21)26(29)33/h1-15,32-33H. The van der Waals surface area contributed by atoms with E-state index < -0.39 is 11.8 Å². The lowest BCUT2D eigenvalue weighted by Crippen LogP contribution is -2.00. The van der Waals surface area contributed by atoms with Gasteiger partial charge < -0.3 is 10.2 Å². The monoisotopic (exact) mass is 435 g/mol. The molecule has 0 fully saturated rings. The molecule has 1 heterocycles. The molecule has 0 aliphatic carbocycles. The summed E-state index contributed by atoms with van der Waals surface area (Å²) in [7, 11) is 0. The van der Waals surface area contributed by atoms with E-state index in [2.05, 4.69) is 10.2 Å². The number of aromatic nitrogens is 1. The number of amides is 2. The Morgan fingerprint density at radius 1 is 0.606 bits per heavy atom. The highest BCUT2D eigenvalue weighted by Gasteiger charge is 2.18. The third kappa shape index (κ3) is 3.61. The fraction of sp³-hybridized carbons (Fsp3) is 0. The minimum atomic E-state index is -0.721. The van der Waals surface area contributed by atoms with Gasteiger partial charge in [-0.25, -0.2) is 0 Å². The predicted octanol–water partition coefficient (Wildman–Crippen LogP) is 5.63. The van der Waals surface area contributed by atoms with Gasteiger partial charge in [0, 0.05) is 21.9 Å². The van der Waals surface area contributed by atoms with Gasteiger partial charge in [0.25, 0.3) is 11.8 Å². The van der Waals surface area contributed by atoms with E-state index >= 15 is 0 Å². The maximum Gasteiger partial charge on any atom is 0.295 e. The van der Waals surface area contributed by atoms with E-state index in [-0.39, 0.29) is 17.3 Å². The van der Waals surface area contributed by atoms with E-state index in [0.717, 1.165) is 10.8 Å². The van der Waals surface area contributed by atoms with Gasteiger partial charge >= 0.3 is 0 Å². The second-order valence-corrected chi connectivity index (χ2v) is 7.45. The Balaban J connectivity index is 1.42. The Hall–Kier alpha value is -4.78. The van der Waals surface area contributed by atoms with Crippen molar-refractivity contribution in [1.29, 1.82) is 0 Å². The van der Waals surface area contributed by atoms with Crippen molar-refractivity contribution in [2.45, 2.75) is 0 Å². The van der Waals surface area contributed by atoms with Crippen LogP contribution in [0.1, 0.15) is 20.7 Å². The molecule has 0 aliphatic heterocycles. The largest absolute Gasteiger partial charge is 0.494 e. The Morgan fingerprint density at radius 2 is 1.18 bits per heavy atom. The summed E-state index contributed by atoms with van der Waals surface area (Å²) < 4.78 is 1.23. The van der Waals surface area contributed by atoms with Crippen molar-refractivity contribution in [3.8, 4) is 17.4 Å². The Morgan fingerprint density at radius 3 is 1.85 bits per heavy atom. The third-order valence-corrected chi connectivity index (χ3v) is 5.41. The first-order chi connectivity index (χ1) is 16.0. The molecule has 7 heteroatoms. The normalized spacial score (nSPS) is 11.4. The van der Waals surface area contributed by atoms with Crippen molar-refractivity contribution in [3.05, 3.63) is 102 Å². The minimum Gasteiger partial charge on any atom is -0.494 e. The fourth-order valence-electron chi connectivity index (χ4n) is 3.77. The molecule has 160 valence electrons. The molecule has 0 atom stereocenters. The highest BCUT2D eigenvalue weighted by Crippen LogP contribution is 2.38. The summed E-state index contributed by atoms with van der Waals surface area (Å²) in [5.74, 6) is -1.65. The molecule has 0 saturated heterocycles. The molecular formula is C26H17N3O4. The van der Waals surface area contributed by atoms with E-state index in [1.165, 1.54) is 16.7 Å². The van der Waals surface area contributed by atoms with Gasteiger partial charge in [0.05, 0.1) is 5.69 Å². The van der Waals surface area contributed by atoms with Crippen LogP contribution in [-0.4, -0.2) is 26.6 Å². The first-order valence-corrected chi connectivity index (χ1v) is 10.1. The van der Waals surface area contributed by atoms with Crippen LogP contribution in [-0.2, 0) is 0 Å². The van der Waals surface area contributed by atoms with Crippen molar-refractivity contribution in [1.82, 2.24) is 4.57 Å². The number of azo groups is 1. The topological polar surface area (TPSA) is 104 Å². The lowest BCUT2D eigenvalue weighted by molar-refractivity contribution is 0.0947. The van der Waals surface area contributed by atoms with Crippen molar-refractivity contribution < 1.29 is 19.8 Å². The summed E-state index contributed by atoms with van der Waals surface area (Å²) in [5.41, 5.74) is 0.843. The minimum absolute atomic E-state index is 0.152. The van der Waals surface area contributed by atoms with Crippen LogP contribution in [0, 0.1) is 0 Å². The van der Waals surface area contributed by atoms with E-state index in [1.54, 1.807) is 48.5 Å². The summed E-state index contributed by atoms with van der Waals surface area (Å²) in [5, 5.41) is 31.1. The fourth-order valence-corrected chi connectivity index (χ4v) is 3.77. The van der Waals surface area contributed by atoms with Crippen LogP contribution >= 0.6 is 0 Å². The van der Waals surface area contributed by atoms with Gasteiger partial charge in [0.2, 0.25) is 11.8 Å².